The fraction of sp³-hybridized carbons (Fsp3) is 0.333. The van der Waals surface area contributed by atoms with Crippen LogP contribution in [0.15, 0.2) is 35.1 Å². The molecule has 0 saturated carbocycles. The number of likely N-dealkylation sites (N-methyl/N-ethyl adjacent to an activating group) is 1. The normalized spacial score (nSPS) is 20.6. The van der Waals surface area contributed by atoms with Crippen molar-refractivity contribution in [3.05, 3.63) is 69.1 Å². The molecule has 5 nitrogen and oxygen atoms in total. The van der Waals surface area contributed by atoms with E-state index in [0.717, 1.165) is 12.6 Å². The highest BCUT2D eigenvalue weighted by Gasteiger charge is 2.34. The summed E-state index contributed by atoms with van der Waals surface area (Å²) < 4.78 is 26.8. The lowest BCUT2D eigenvalue weighted by atomic mass is 9.99. The van der Waals surface area contributed by atoms with Gasteiger partial charge in [-0.05, 0) is 44.2 Å². The van der Waals surface area contributed by atoms with E-state index in [2.05, 4.69) is 10.3 Å². The fourth-order valence-electron chi connectivity index (χ4n) is 3.35. The van der Waals surface area contributed by atoms with Crippen molar-refractivity contribution in [2.45, 2.75) is 25.4 Å². The quantitative estimate of drug-likeness (QED) is 0.894. The molecule has 3 rings (SSSR count). The molecule has 7 heteroatoms. The number of nitrogens with zero attached hydrogens (tertiary/aromatic N) is 1. The number of H-pyrrole nitrogens is 1. The Labute approximate surface area is 143 Å². The summed E-state index contributed by atoms with van der Waals surface area (Å²) in [4.78, 5) is 28.4. The van der Waals surface area contributed by atoms with Crippen molar-refractivity contribution in [2.75, 3.05) is 13.6 Å². The molecule has 2 N–H and O–H groups in total. The number of aryl methyl sites for hydroxylation is 1. The molecule has 2 unspecified atom stereocenters. The molecule has 1 amide bonds. The molecule has 0 radical (unpaired) electrons. The Morgan fingerprint density at radius 3 is 2.68 bits per heavy atom. The van der Waals surface area contributed by atoms with Crippen LogP contribution >= 0.6 is 0 Å². The smallest absolute Gasteiger partial charge is 0.253 e. The number of carbonyl (C=O) groups excluding carboxylic acids is 1. The largest absolute Gasteiger partial charge is 0.347 e. The Balaban J connectivity index is 1.84. The maximum atomic E-state index is 13.6. The van der Waals surface area contributed by atoms with Gasteiger partial charge in [-0.15, -0.1) is 0 Å². The molecule has 0 spiro atoms. The van der Waals surface area contributed by atoms with E-state index in [4.69, 9.17) is 0 Å². The van der Waals surface area contributed by atoms with Gasteiger partial charge < -0.3 is 10.3 Å². The molecule has 2 aromatic rings. The van der Waals surface area contributed by atoms with Crippen LogP contribution in [0.5, 0.6) is 0 Å². The molecule has 1 aromatic carbocycles. The number of pyridine rings is 1. The topological polar surface area (TPSA) is 65.2 Å². The summed E-state index contributed by atoms with van der Waals surface area (Å²) in [6.07, 6.45) is 0.689. The zero-order chi connectivity index (χ0) is 18.1. The lowest BCUT2D eigenvalue weighted by Gasteiger charge is -2.26. The summed E-state index contributed by atoms with van der Waals surface area (Å²) in [5.74, 6) is -2.10. The number of aromatic amines is 1. The number of nitrogens with one attached hydrogen (secondary N) is 2. The van der Waals surface area contributed by atoms with E-state index >= 15 is 0 Å². The third-order valence-corrected chi connectivity index (χ3v) is 4.61. The fourth-order valence-corrected chi connectivity index (χ4v) is 3.35. The lowest BCUT2D eigenvalue weighted by Crippen LogP contribution is -2.39. The second-order valence-electron chi connectivity index (χ2n) is 6.33. The minimum atomic E-state index is -0.903. The predicted molar refractivity (Wildman–Crippen MR) is 89.4 cm³/mol. The first-order valence-electron chi connectivity index (χ1n) is 8.03. The molecular formula is C18H19F2N3O2. The van der Waals surface area contributed by atoms with Gasteiger partial charge in [-0.2, -0.15) is 0 Å². The molecule has 132 valence electrons. The monoisotopic (exact) mass is 347 g/mol. The highest BCUT2D eigenvalue weighted by Crippen LogP contribution is 2.32. The average molecular weight is 347 g/mol. The highest BCUT2D eigenvalue weighted by molar-refractivity contribution is 5.95. The molecule has 0 bridgehead atoms. The summed E-state index contributed by atoms with van der Waals surface area (Å²) in [5.41, 5.74) is 1.22. The number of hydrogen-bond acceptors (Lipinski definition) is 3. The molecule has 25 heavy (non-hydrogen) atoms. The van der Waals surface area contributed by atoms with Crippen molar-refractivity contribution >= 4 is 5.91 Å². The molecule has 1 saturated heterocycles. The van der Waals surface area contributed by atoms with Crippen molar-refractivity contribution < 1.29 is 13.6 Å². The second-order valence-corrected chi connectivity index (χ2v) is 6.33. The van der Waals surface area contributed by atoms with Gasteiger partial charge in [0.1, 0.15) is 0 Å². The third-order valence-electron chi connectivity index (χ3n) is 4.61. The minimum absolute atomic E-state index is 0.242. The molecule has 1 fully saturated rings. The number of likely N-dealkylation sites (tertiary alicyclic amines) is 1. The summed E-state index contributed by atoms with van der Waals surface area (Å²) >= 11 is 0. The number of benzene rings is 1. The van der Waals surface area contributed by atoms with Gasteiger partial charge in [0.15, 0.2) is 11.6 Å². The van der Waals surface area contributed by atoms with Gasteiger partial charge in [0, 0.05) is 18.3 Å². The van der Waals surface area contributed by atoms with Gasteiger partial charge in [-0.3, -0.25) is 14.5 Å². The Morgan fingerprint density at radius 1 is 1.24 bits per heavy atom. The van der Waals surface area contributed by atoms with Gasteiger partial charge in [0.25, 0.3) is 5.91 Å². The van der Waals surface area contributed by atoms with Crippen molar-refractivity contribution in [3.63, 3.8) is 0 Å². The van der Waals surface area contributed by atoms with Gasteiger partial charge in [0.2, 0.25) is 5.56 Å². The SMILES string of the molecule is Cc1[nH]c(=O)ccc1C(=O)NC1CCN(C)C1c1ccc(F)c(F)c1. The zero-order valence-electron chi connectivity index (χ0n) is 14.0. The predicted octanol–water partition coefficient (Wildman–Crippen LogP) is 2.14. The third kappa shape index (κ3) is 3.46. The van der Waals surface area contributed by atoms with E-state index < -0.39 is 11.6 Å². The maximum Gasteiger partial charge on any atom is 0.253 e. The highest BCUT2D eigenvalue weighted by atomic mass is 19.2. The van der Waals surface area contributed by atoms with Crippen molar-refractivity contribution in [2.24, 2.45) is 0 Å². The minimum Gasteiger partial charge on any atom is -0.347 e. The maximum absolute atomic E-state index is 13.6. The summed E-state index contributed by atoms with van der Waals surface area (Å²) in [6, 6.07) is 6.10. The molecule has 1 aliphatic rings. The van der Waals surface area contributed by atoms with E-state index in [0.29, 0.717) is 23.2 Å². The summed E-state index contributed by atoms with van der Waals surface area (Å²) in [6.45, 7) is 2.38. The number of rotatable bonds is 3. The lowest BCUT2D eigenvalue weighted by molar-refractivity contribution is 0.0926. The van der Waals surface area contributed by atoms with Crippen molar-refractivity contribution in [1.82, 2.24) is 15.2 Å². The van der Waals surface area contributed by atoms with Crippen LogP contribution in [0, 0.1) is 18.6 Å². The summed E-state index contributed by atoms with van der Waals surface area (Å²) in [7, 11) is 1.88. The Bertz CT molecular complexity index is 866. The first-order chi connectivity index (χ1) is 11.9. The van der Waals surface area contributed by atoms with Crippen LogP contribution in [-0.4, -0.2) is 35.4 Å². The first kappa shape index (κ1) is 17.3. The number of amides is 1. The summed E-state index contributed by atoms with van der Waals surface area (Å²) in [5, 5.41) is 2.95. The molecule has 1 aliphatic heterocycles. The number of carbonyl (C=O) groups is 1. The number of hydrogen-bond donors (Lipinski definition) is 2. The van der Waals surface area contributed by atoms with E-state index in [9.17, 15) is 18.4 Å². The molecule has 0 aliphatic carbocycles. The van der Waals surface area contributed by atoms with Crippen LogP contribution in [0.4, 0.5) is 8.78 Å². The number of halogens is 2. The zero-order valence-corrected chi connectivity index (χ0v) is 14.0. The van der Waals surface area contributed by atoms with E-state index in [1.165, 1.54) is 24.3 Å². The van der Waals surface area contributed by atoms with E-state index in [1.54, 1.807) is 6.92 Å². The van der Waals surface area contributed by atoms with Crippen LogP contribution in [0.25, 0.3) is 0 Å². The average Bonchev–Trinajstić information content (AvgIpc) is 2.90. The van der Waals surface area contributed by atoms with Crippen LogP contribution in [0.1, 0.15) is 34.1 Å². The van der Waals surface area contributed by atoms with Gasteiger partial charge >= 0.3 is 0 Å². The molecule has 2 heterocycles. The van der Waals surface area contributed by atoms with E-state index in [-0.39, 0.29) is 23.6 Å². The Kier molecular flexibility index (Phi) is 4.67. The van der Waals surface area contributed by atoms with Crippen molar-refractivity contribution in [1.29, 1.82) is 0 Å². The van der Waals surface area contributed by atoms with Crippen LogP contribution < -0.4 is 10.9 Å². The van der Waals surface area contributed by atoms with Gasteiger partial charge in [-0.25, -0.2) is 8.78 Å². The molecule has 1 aromatic heterocycles. The Hall–Kier alpha value is -2.54. The first-order valence-corrected chi connectivity index (χ1v) is 8.03. The van der Waals surface area contributed by atoms with E-state index in [1.807, 2.05) is 11.9 Å². The number of aromatic nitrogens is 1. The van der Waals surface area contributed by atoms with Gasteiger partial charge in [0.05, 0.1) is 17.6 Å². The van der Waals surface area contributed by atoms with Crippen molar-refractivity contribution in [3.8, 4) is 0 Å². The second kappa shape index (κ2) is 6.76. The van der Waals surface area contributed by atoms with Crippen LogP contribution in [0.2, 0.25) is 0 Å². The van der Waals surface area contributed by atoms with Crippen LogP contribution in [-0.2, 0) is 0 Å². The standard InChI is InChI=1S/C18H19F2N3O2/c1-10-12(4-6-16(24)21-10)18(25)22-15-7-8-23(2)17(15)11-3-5-13(19)14(20)9-11/h3-6,9,15,17H,7-8H2,1-2H3,(H,21,24)(H,22,25). The van der Waals surface area contributed by atoms with Crippen LogP contribution in [0.3, 0.4) is 0 Å². The Morgan fingerprint density at radius 2 is 2.00 bits per heavy atom. The molecule has 2 atom stereocenters. The van der Waals surface area contributed by atoms with Gasteiger partial charge in [-0.1, -0.05) is 6.07 Å². The molecular weight excluding hydrogens is 328 g/mol.